The van der Waals surface area contributed by atoms with E-state index < -0.39 is 15.9 Å². The van der Waals surface area contributed by atoms with E-state index >= 15 is 0 Å². The van der Waals surface area contributed by atoms with Gasteiger partial charge in [0.05, 0.1) is 11.9 Å². The molecule has 2 N–H and O–H groups in total. The van der Waals surface area contributed by atoms with Gasteiger partial charge in [-0.25, -0.2) is 8.42 Å². The highest BCUT2D eigenvalue weighted by Gasteiger charge is 2.17. The molecule has 0 aliphatic heterocycles. The normalized spacial score (nSPS) is 11.3. The van der Waals surface area contributed by atoms with Crippen LogP contribution in [0.15, 0.2) is 24.3 Å². The third-order valence-corrected chi connectivity index (χ3v) is 3.74. The van der Waals surface area contributed by atoms with Crippen LogP contribution < -0.4 is 10.0 Å². The van der Waals surface area contributed by atoms with Crippen LogP contribution in [0, 0.1) is 0 Å². The standard InChI is InChI=1S/C12H18N2O4S/c1-18-9-3-8-14(19(2,16)17)11-6-4-10(5-7-11)12(13)15/h4-7H,3,8-9H2,1-2H3,(H2,13,15). The molecular formula is C12H18N2O4S. The Hall–Kier alpha value is -1.60. The summed E-state index contributed by atoms with van der Waals surface area (Å²) >= 11 is 0. The van der Waals surface area contributed by atoms with Gasteiger partial charge in [0.1, 0.15) is 0 Å². The lowest BCUT2D eigenvalue weighted by atomic mass is 10.2. The molecule has 0 fully saturated rings. The average Bonchev–Trinajstić information content (AvgIpc) is 2.33. The summed E-state index contributed by atoms with van der Waals surface area (Å²) in [5.74, 6) is -0.545. The molecule has 1 aromatic carbocycles. The van der Waals surface area contributed by atoms with Crippen molar-refractivity contribution >= 4 is 21.6 Å². The number of amides is 1. The second kappa shape index (κ2) is 6.53. The number of nitrogens with zero attached hydrogens (tertiary/aromatic N) is 1. The van der Waals surface area contributed by atoms with Crippen LogP contribution >= 0.6 is 0 Å². The van der Waals surface area contributed by atoms with E-state index in [0.29, 0.717) is 30.8 Å². The molecule has 6 nitrogen and oxygen atoms in total. The summed E-state index contributed by atoms with van der Waals surface area (Å²) in [6, 6.07) is 6.14. The van der Waals surface area contributed by atoms with Gasteiger partial charge in [0, 0.05) is 25.8 Å². The molecule has 0 aromatic heterocycles. The second-order valence-electron chi connectivity index (χ2n) is 4.09. The van der Waals surface area contributed by atoms with Crippen molar-refractivity contribution in [3.05, 3.63) is 29.8 Å². The van der Waals surface area contributed by atoms with Crippen LogP contribution in [0.3, 0.4) is 0 Å². The minimum absolute atomic E-state index is 0.322. The number of primary amides is 1. The number of carbonyl (C=O) groups is 1. The summed E-state index contributed by atoms with van der Waals surface area (Å²) in [5.41, 5.74) is 5.98. The van der Waals surface area contributed by atoms with Gasteiger partial charge in [-0.15, -0.1) is 0 Å². The van der Waals surface area contributed by atoms with E-state index in [-0.39, 0.29) is 0 Å². The Labute approximate surface area is 113 Å². The highest BCUT2D eigenvalue weighted by molar-refractivity contribution is 7.92. The highest BCUT2D eigenvalue weighted by atomic mass is 32.2. The van der Waals surface area contributed by atoms with E-state index in [9.17, 15) is 13.2 Å². The van der Waals surface area contributed by atoms with Crippen molar-refractivity contribution in [1.29, 1.82) is 0 Å². The van der Waals surface area contributed by atoms with Crippen LogP contribution in [0.25, 0.3) is 0 Å². The number of methoxy groups -OCH3 is 1. The number of ether oxygens (including phenoxy) is 1. The van der Waals surface area contributed by atoms with Crippen LogP contribution in [-0.2, 0) is 14.8 Å². The van der Waals surface area contributed by atoms with E-state index in [1.807, 2.05) is 0 Å². The molecule has 19 heavy (non-hydrogen) atoms. The van der Waals surface area contributed by atoms with E-state index in [4.69, 9.17) is 10.5 Å². The molecule has 0 saturated heterocycles. The molecule has 0 aliphatic rings. The SMILES string of the molecule is COCCCN(c1ccc(C(N)=O)cc1)S(C)(=O)=O. The predicted octanol–water partition coefficient (Wildman–Crippen LogP) is 0.588. The molecule has 0 heterocycles. The predicted molar refractivity (Wildman–Crippen MR) is 73.6 cm³/mol. The molecule has 0 aliphatic carbocycles. The fraction of sp³-hybridized carbons (Fsp3) is 0.417. The Morgan fingerprint density at radius 1 is 1.32 bits per heavy atom. The summed E-state index contributed by atoms with van der Waals surface area (Å²) in [6.45, 7) is 0.800. The first-order chi connectivity index (χ1) is 8.86. The Morgan fingerprint density at radius 2 is 1.89 bits per heavy atom. The highest BCUT2D eigenvalue weighted by Crippen LogP contribution is 2.18. The van der Waals surface area contributed by atoms with Gasteiger partial charge < -0.3 is 10.5 Å². The molecule has 1 aromatic rings. The third kappa shape index (κ3) is 4.53. The molecule has 106 valence electrons. The smallest absolute Gasteiger partial charge is 0.248 e. The van der Waals surface area contributed by atoms with Crippen molar-refractivity contribution in [2.24, 2.45) is 5.73 Å². The molecule has 0 saturated carbocycles. The van der Waals surface area contributed by atoms with Gasteiger partial charge in [0.15, 0.2) is 0 Å². The summed E-state index contributed by atoms with van der Waals surface area (Å²) < 4.78 is 29.7. The number of nitrogens with two attached hydrogens (primary N) is 1. The van der Waals surface area contributed by atoms with E-state index in [2.05, 4.69) is 0 Å². The lowest BCUT2D eigenvalue weighted by Gasteiger charge is -2.22. The molecular weight excluding hydrogens is 268 g/mol. The first-order valence-electron chi connectivity index (χ1n) is 5.73. The van der Waals surface area contributed by atoms with Gasteiger partial charge in [-0.3, -0.25) is 9.10 Å². The van der Waals surface area contributed by atoms with Crippen molar-refractivity contribution in [2.45, 2.75) is 6.42 Å². The van der Waals surface area contributed by atoms with Gasteiger partial charge in [0.2, 0.25) is 15.9 Å². The zero-order valence-electron chi connectivity index (χ0n) is 11.0. The largest absolute Gasteiger partial charge is 0.385 e. The maximum atomic E-state index is 11.7. The Balaban J connectivity index is 2.94. The number of benzene rings is 1. The van der Waals surface area contributed by atoms with Crippen molar-refractivity contribution < 1.29 is 17.9 Å². The van der Waals surface area contributed by atoms with Crippen LogP contribution in [0.2, 0.25) is 0 Å². The van der Waals surface area contributed by atoms with Crippen LogP contribution in [0.4, 0.5) is 5.69 Å². The minimum atomic E-state index is -3.37. The van der Waals surface area contributed by atoms with Crippen molar-refractivity contribution in [2.75, 3.05) is 30.8 Å². The summed E-state index contributed by atoms with van der Waals surface area (Å²) in [7, 11) is -1.81. The topological polar surface area (TPSA) is 89.7 Å². The van der Waals surface area contributed by atoms with Crippen LogP contribution in [0.5, 0.6) is 0 Å². The molecule has 0 spiro atoms. The molecule has 1 rings (SSSR count). The maximum absolute atomic E-state index is 11.7. The quantitative estimate of drug-likeness (QED) is 0.743. The zero-order chi connectivity index (χ0) is 14.5. The number of anilines is 1. The zero-order valence-corrected chi connectivity index (χ0v) is 11.8. The molecule has 1 amide bonds. The van der Waals surface area contributed by atoms with E-state index in [0.717, 1.165) is 6.26 Å². The summed E-state index contributed by atoms with van der Waals surface area (Å²) in [5, 5.41) is 0. The summed E-state index contributed by atoms with van der Waals surface area (Å²) in [4.78, 5) is 11.0. The van der Waals surface area contributed by atoms with Gasteiger partial charge in [0.25, 0.3) is 0 Å². The van der Waals surface area contributed by atoms with Gasteiger partial charge in [-0.2, -0.15) is 0 Å². The van der Waals surface area contributed by atoms with Gasteiger partial charge in [-0.1, -0.05) is 0 Å². The maximum Gasteiger partial charge on any atom is 0.248 e. The van der Waals surface area contributed by atoms with Crippen LogP contribution in [0.1, 0.15) is 16.8 Å². The molecule has 0 radical (unpaired) electrons. The van der Waals surface area contributed by atoms with Crippen molar-refractivity contribution in [3.8, 4) is 0 Å². The monoisotopic (exact) mass is 286 g/mol. The number of carbonyl (C=O) groups excluding carboxylic acids is 1. The molecule has 0 unspecified atom stereocenters. The Morgan fingerprint density at radius 3 is 2.32 bits per heavy atom. The van der Waals surface area contributed by atoms with Gasteiger partial charge in [-0.05, 0) is 30.7 Å². The molecule has 7 heteroatoms. The van der Waals surface area contributed by atoms with Crippen LogP contribution in [-0.4, -0.2) is 40.8 Å². The first kappa shape index (κ1) is 15.5. The van der Waals surface area contributed by atoms with Crippen molar-refractivity contribution in [1.82, 2.24) is 0 Å². The molecule has 0 atom stereocenters. The number of rotatable bonds is 7. The molecule has 0 bridgehead atoms. The van der Waals surface area contributed by atoms with Crippen molar-refractivity contribution in [3.63, 3.8) is 0 Å². The number of hydrogen-bond acceptors (Lipinski definition) is 4. The second-order valence-corrected chi connectivity index (χ2v) is 6.00. The fourth-order valence-corrected chi connectivity index (χ4v) is 2.60. The minimum Gasteiger partial charge on any atom is -0.385 e. The fourth-order valence-electron chi connectivity index (χ4n) is 1.63. The number of sulfonamides is 1. The summed E-state index contributed by atoms with van der Waals surface area (Å²) in [6.07, 6.45) is 1.73. The van der Waals surface area contributed by atoms with E-state index in [1.54, 1.807) is 19.2 Å². The average molecular weight is 286 g/mol. The lowest BCUT2D eigenvalue weighted by Crippen LogP contribution is -2.31. The first-order valence-corrected chi connectivity index (χ1v) is 7.57. The lowest BCUT2D eigenvalue weighted by molar-refractivity contribution is 0.100. The van der Waals surface area contributed by atoms with E-state index in [1.165, 1.54) is 16.4 Å². The Kier molecular flexibility index (Phi) is 5.31. The third-order valence-electron chi connectivity index (χ3n) is 2.55. The van der Waals surface area contributed by atoms with Gasteiger partial charge >= 0.3 is 0 Å². The Bertz CT molecular complexity index is 525. The number of hydrogen-bond donors (Lipinski definition) is 1.